The Bertz CT molecular complexity index is 17.1. The van der Waals surface area contributed by atoms with E-state index < -0.39 is 0 Å². The first kappa shape index (κ1) is 50.2. The van der Waals surface area contributed by atoms with Crippen molar-refractivity contribution in [1.29, 1.82) is 0 Å². The molecular formula is C6H24O6Re. The van der Waals surface area contributed by atoms with Gasteiger partial charge >= 0.3 is 0 Å². The Labute approximate surface area is 94.1 Å². The molecule has 91 valence electrons. The van der Waals surface area contributed by atoms with Crippen LogP contribution < -0.4 is 0 Å². The predicted molar refractivity (Wildman–Crippen MR) is 48.9 cm³/mol. The second-order valence-corrected chi connectivity index (χ2v) is 0. The third-order valence-electron chi connectivity index (χ3n) is 0. The van der Waals surface area contributed by atoms with E-state index in [-0.39, 0.29) is 20.4 Å². The van der Waals surface area contributed by atoms with Gasteiger partial charge in [0.1, 0.15) is 0 Å². The van der Waals surface area contributed by atoms with Crippen LogP contribution in [0.5, 0.6) is 0 Å². The van der Waals surface area contributed by atoms with Crippen LogP contribution in [-0.4, -0.2) is 73.3 Å². The van der Waals surface area contributed by atoms with Crippen LogP contribution in [0.1, 0.15) is 0 Å². The summed E-state index contributed by atoms with van der Waals surface area (Å²) in [5.41, 5.74) is 0. The SMILES string of the molecule is CO.CO.CO.CO.CO.CO.[Re]. The molecule has 13 heavy (non-hydrogen) atoms. The maximum Gasteiger partial charge on any atom is 0.0319 e. The van der Waals surface area contributed by atoms with Crippen LogP contribution in [0.2, 0.25) is 0 Å². The minimum Gasteiger partial charge on any atom is -0.400 e. The van der Waals surface area contributed by atoms with Gasteiger partial charge in [-0.2, -0.15) is 0 Å². The molecule has 0 atom stereocenters. The van der Waals surface area contributed by atoms with Crippen LogP contribution in [0.4, 0.5) is 0 Å². The van der Waals surface area contributed by atoms with Crippen molar-refractivity contribution in [2.24, 2.45) is 0 Å². The number of hydrogen-bond acceptors (Lipinski definition) is 6. The molecule has 0 aromatic carbocycles. The van der Waals surface area contributed by atoms with Crippen LogP contribution in [0, 0.1) is 0 Å². The van der Waals surface area contributed by atoms with E-state index in [0.717, 1.165) is 42.7 Å². The molecule has 0 aliphatic rings. The van der Waals surface area contributed by atoms with E-state index in [0.29, 0.717) is 0 Å². The van der Waals surface area contributed by atoms with Crippen molar-refractivity contribution < 1.29 is 51.1 Å². The molecule has 0 saturated heterocycles. The summed E-state index contributed by atoms with van der Waals surface area (Å²) in [6.07, 6.45) is 0. The standard InChI is InChI=1S/6CH4O.Re/c6*1-2;/h6*2H,1H3;. The number of aliphatic hydroxyl groups excluding tert-OH is 6. The summed E-state index contributed by atoms with van der Waals surface area (Å²) in [6.45, 7) is 0. The molecule has 6 N–H and O–H groups in total. The molecule has 0 saturated carbocycles. The van der Waals surface area contributed by atoms with E-state index in [1.165, 1.54) is 0 Å². The van der Waals surface area contributed by atoms with E-state index in [2.05, 4.69) is 0 Å². The van der Waals surface area contributed by atoms with Gasteiger partial charge in [-0.1, -0.05) is 0 Å². The molecule has 7 heteroatoms. The Balaban J connectivity index is -0.00000000655. The second kappa shape index (κ2) is 9090. The molecule has 0 heterocycles. The monoisotopic (exact) mass is 379 g/mol. The van der Waals surface area contributed by atoms with Gasteiger partial charge in [-0.05, 0) is 0 Å². The third-order valence-corrected chi connectivity index (χ3v) is 0. The van der Waals surface area contributed by atoms with Gasteiger partial charge in [0.15, 0.2) is 0 Å². The normalized spacial score (nSPS) is 2.77. The molecular weight excluding hydrogens is 354 g/mol. The average molecular weight is 378 g/mol. The van der Waals surface area contributed by atoms with Gasteiger partial charge in [0.25, 0.3) is 0 Å². The first-order chi connectivity index (χ1) is 6.00. The quantitative estimate of drug-likeness (QED) is 0.281. The summed E-state index contributed by atoms with van der Waals surface area (Å²) in [4.78, 5) is 0. The fraction of sp³-hybridized carbons (Fsp3) is 1.00. The molecule has 0 bridgehead atoms. The van der Waals surface area contributed by atoms with Crippen LogP contribution >= 0.6 is 0 Å². The molecule has 6 nitrogen and oxygen atoms in total. The van der Waals surface area contributed by atoms with Crippen molar-refractivity contribution in [2.45, 2.75) is 0 Å². The Kier molecular flexibility index (Phi) is 35100. The summed E-state index contributed by atoms with van der Waals surface area (Å²) < 4.78 is 0. The Hall–Kier alpha value is 0.422. The van der Waals surface area contributed by atoms with Gasteiger partial charge in [-0.25, -0.2) is 0 Å². The minimum atomic E-state index is 0. The fourth-order valence-electron chi connectivity index (χ4n) is 0. The van der Waals surface area contributed by atoms with E-state index in [4.69, 9.17) is 30.6 Å². The zero-order chi connectivity index (χ0) is 12.0. The van der Waals surface area contributed by atoms with E-state index >= 15 is 0 Å². The predicted octanol–water partition coefficient (Wildman–Crippen LogP) is -2.35. The molecule has 0 aromatic heterocycles. The maximum absolute atomic E-state index is 7.00. The van der Waals surface area contributed by atoms with Crippen LogP contribution in [0.3, 0.4) is 0 Å². The van der Waals surface area contributed by atoms with Crippen molar-refractivity contribution in [2.75, 3.05) is 42.7 Å². The summed E-state index contributed by atoms with van der Waals surface area (Å²) in [5.74, 6) is 0. The van der Waals surface area contributed by atoms with Gasteiger partial charge in [-0.15, -0.1) is 0 Å². The van der Waals surface area contributed by atoms with Crippen molar-refractivity contribution >= 4 is 0 Å². The first-order valence-corrected chi connectivity index (χ1v) is 2.68. The average Bonchev–Trinajstić information content (AvgIpc) is 2.33. The van der Waals surface area contributed by atoms with E-state index in [9.17, 15) is 0 Å². The fourth-order valence-corrected chi connectivity index (χ4v) is 0. The van der Waals surface area contributed by atoms with Gasteiger partial charge in [0.05, 0.1) is 0 Å². The van der Waals surface area contributed by atoms with Crippen molar-refractivity contribution in [3.05, 3.63) is 0 Å². The summed E-state index contributed by atoms with van der Waals surface area (Å²) in [5, 5.41) is 42.0. The molecule has 0 amide bonds. The van der Waals surface area contributed by atoms with Crippen molar-refractivity contribution in [3.63, 3.8) is 0 Å². The zero-order valence-electron chi connectivity index (χ0n) is 9.06. The van der Waals surface area contributed by atoms with Crippen LogP contribution in [0.15, 0.2) is 0 Å². The molecule has 0 aromatic rings. The van der Waals surface area contributed by atoms with Crippen LogP contribution in [-0.2, 0) is 20.4 Å². The molecule has 0 spiro atoms. The Morgan fingerprint density at radius 2 is 0.308 bits per heavy atom. The molecule has 1 radical (unpaired) electrons. The first-order valence-electron chi connectivity index (χ1n) is 2.68. The van der Waals surface area contributed by atoms with Crippen LogP contribution in [0.25, 0.3) is 0 Å². The molecule has 0 aliphatic heterocycles. The molecule has 0 aliphatic carbocycles. The molecule has 0 rings (SSSR count). The van der Waals surface area contributed by atoms with Crippen molar-refractivity contribution in [1.82, 2.24) is 0 Å². The van der Waals surface area contributed by atoms with Gasteiger partial charge in [-0.3, -0.25) is 0 Å². The summed E-state index contributed by atoms with van der Waals surface area (Å²) in [7, 11) is 6.00. The Morgan fingerprint density at radius 3 is 0.308 bits per heavy atom. The topological polar surface area (TPSA) is 121 Å². The zero-order valence-corrected chi connectivity index (χ0v) is 11.8. The van der Waals surface area contributed by atoms with Gasteiger partial charge < -0.3 is 30.6 Å². The maximum atomic E-state index is 7.00. The van der Waals surface area contributed by atoms with E-state index in [1.807, 2.05) is 0 Å². The smallest absolute Gasteiger partial charge is 0.0319 e. The number of hydrogen-bond donors (Lipinski definition) is 6. The summed E-state index contributed by atoms with van der Waals surface area (Å²) in [6, 6.07) is 0. The van der Waals surface area contributed by atoms with Gasteiger partial charge in [0, 0.05) is 63.1 Å². The molecule has 0 unspecified atom stereocenters. The second-order valence-electron chi connectivity index (χ2n) is 0. The number of aliphatic hydroxyl groups is 6. The largest absolute Gasteiger partial charge is 0.400 e. The van der Waals surface area contributed by atoms with E-state index in [1.54, 1.807) is 0 Å². The summed E-state index contributed by atoms with van der Waals surface area (Å²) >= 11 is 0. The molecule has 0 fully saturated rings. The third kappa shape index (κ3) is 7570. The Morgan fingerprint density at radius 1 is 0.308 bits per heavy atom. The minimum absolute atomic E-state index is 0. The number of rotatable bonds is 0. The van der Waals surface area contributed by atoms with Crippen molar-refractivity contribution in [3.8, 4) is 0 Å². The van der Waals surface area contributed by atoms with Gasteiger partial charge in [0.2, 0.25) is 0 Å².